The van der Waals surface area contributed by atoms with Crippen molar-refractivity contribution in [3.63, 3.8) is 0 Å². The fraction of sp³-hybridized carbons (Fsp3) is 0.200. The smallest absolute Gasteiger partial charge is 0.251 e. The lowest BCUT2D eigenvalue weighted by molar-refractivity contribution is -0.114. The van der Waals surface area contributed by atoms with Gasteiger partial charge < -0.3 is 25.4 Å². The molecule has 0 fully saturated rings. The number of benzene rings is 3. The van der Waals surface area contributed by atoms with Gasteiger partial charge in [-0.25, -0.2) is 0 Å². The van der Waals surface area contributed by atoms with E-state index in [4.69, 9.17) is 9.47 Å². The van der Waals surface area contributed by atoms with Crippen LogP contribution in [0.25, 0.3) is 0 Å². The maximum Gasteiger partial charge on any atom is 0.251 e. The molecule has 0 aliphatic rings. The number of carbonyl (C=O) groups is 2. The first-order valence-electron chi connectivity index (χ1n) is 10.5. The number of hydrogen-bond acceptors (Lipinski definition) is 5. The summed E-state index contributed by atoms with van der Waals surface area (Å²) in [4.78, 5) is 24.2. The molecule has 0 unspecified atom stereocenters. The van der Waals surface area contributed by atoms with Crippen LogP contribution in [0.3, 0.4) is 0 Å². The predicted molar refractivity (Wildman–Crippen MR) is 125 cm³/mol. The van der Waals surface area contributed by atoms with Crippen LogP contribution in [0.15, 0.2) is 78.9 Å². The molecular formula is C25H27N3O4. The number of amides is 2. The molecule has 2 amide bonds. The van der Waals surface area contributed by atoms with Crippen LogP contribution in [0.1, 0.15) is 17.3 Å². The lowest BCUT2D eigenvalue weighted by Gasteiger charge is -2.11. The van der Waals surface area contributed by atoms with E-state index in [0.717, 1.165) is 5.75 Å². The van der Waals surface area contributed by atoms with Gasteiger partial charge in [-0.05, 0) is 61.5 Å². The Morgan fingerprint density at radius 2 is 1.47 bits per heavy atom. The minimum atomic E-state index is -0.196. The number of rotatable bonds is 11. The van der Waals surface area contributed by atoms with Gasteiger partial charge in [-0.2, -0.15) is 0 Å². The van der Waals surface area contributed by atoms with Gasteiger partial charge in [0.25, 0.3) is 5.91 Å². The van der Waals surface area contributed by atoms with Crippen molar-refractivity contribution in [2.45, 2.75) is 6.92 Å². The molecule has 0 atom stereocenters. The van der Waals surface area contributed by atoms with E-state index in [9.17, 15) is 9.59 Å². The maximum atomic E-state index is 12.2. The third-order valence-corrected chi connectivity index (χ3v) is 4.42. The molecule has 0 aromatic heterocycles. The molecule has 0 saturated carbocycles. The van der Waals surface area contributed by atoms with Crippen LogP contribution >= 0.6 is 0 Å². The maximum absolute atomic E-state index is 12.2. The van der Waals surface area contributed by atoms with Gasteiger partial charge in [-0.15, -0.1) is 0 Å². The molecule has 0 bridgehead atoms. The van der Waals surface area contributed by atoms with Crippen molar-refractivity contribution in [2.75, 3.05) is 36.9 Å². The highest BCUT2D eigenvalue weighted by Gasteiger charge is 2.07. The number of ether oxygens (including phenoxy) is 2. The van der Waals surface area contributed by atoms with E-state index < -0.39 is 0 Å². The van der Waals surface area contributed by atoms with Crippen molar-refractivity contribution in [3.05, 3.63) is 84.4 Å². The number of nitrogens with one attached hydrogen (secondary N) is 3. The van der Waals surface area contributed by atoms with Gasteiger partial charge in [0, 0.05) is 23.5 Å². The average molecular weight is 434 g/mol. The monoisotopic (exact) mass is 433 g/mol. The second-order valence-electron chi connectivity index (χ2n) is 6.88. The van der Waals surface area contributed by atoms with E-state index in [0.29, 0.717) is 42.4 Å². The molecule has 3 rings (SSSR count). The molecule has 0 aliphatic carbocycles. The van der Waals surface area contributed by atoms with Gasteiger partial charge in [-0.3, -0.25) is 9.59 Å². The molecule has 0 heterocycles. The van der Waals surface area contributed by atoms with Gasteiger partial charge in [0.1, 0.15) is 24.7 Å². The first-order valence-corrected chi connectivity index (χ1v) is 10.5. The minimum absolute atomic E-state index is 0.0773. The summed E-state index contributed by atoms with van der Waals surface area (Å²) >= 11 is 0. The molecule has 3 aromatic carbocycles. The number of hydrogen-bond donors (Lipinski definition) is 3. The lowest BCUT2D eigenvalue weighted by Crippen LogP contribution is -2.23. The topological polar surface area (TPSA) is 88.7 Å². The van der Waals surface area contributed by atoms with Gasteiger partial charge >= 0.3 is 0 Å². The van der Waals surface area contributed by atoms with Gasteiger partial charge in [0.05, 0.1) is 6.54 Å². The SMILES string of the molecule is CCNC(=O)c1cccc(NCC(=O)Nc2ccc(OCCOc3ccccc3)cc2)c1. The van der Waals surface area contributed by atoms with Crippen molar-refractivity contribution in [1.29, 1.82) is 0 Å². The number of carbonyl (C=O) groups excluding carboxylic acids is 2. The van der Waals surface area contributed by atoms with E-state index in [1.807, 2.05) is 43.3 Å². The molecular weight excluding hydrogens is 406 g/mol. The lowest BCUT2D eigenvalue weighted by atomic mass is 10.2. The van der Waals surface area contributed by atoms with E-state index >= 15 is 0 Å². The molecule has 0 aliphatic heterocycles. The molecule has 0 radical (unpaired) electrons. The van der Waals surface area contributed by atoms with Crippen LogP contribution < -0.4 is 25.4 Å². The first-order chi connectivity index (χ1) is 15.6. The normalized spacial score (nSPS) is 10.2. The highest BCUT2D eigenvalue weighted by molar-refractivity contribution is 5.96. The van der Waals surface area contributed by atoms with Crippen LogP contribution in [-0.4, -0.2) is 38.1 Å². The second-order valence-corrected chi connectivity index (χ2v) is 6.88. The molecule has 32 heavy (non-hydrogen) atoms. The van der Waals surface area contributed by atoms with Crippen molar-refractivity contribution in [1.82, 2.24) is 5.32 Å². The minimum Gasteiger partial charge on any atom is -0.490 e. The van der Waals surface area contributed by atoms with E-state index in [-0.39, 0.29) is 18.4 Å². The Bertz CT molecular complexity index is 1010. The summed E-state index contributed by atoms with van der Waals surface area (Å²) in [6, 6.07) is 23.7. The molecule has 7 heteroatoms. The summed E-state index contributed by atoms with van der Waals surface area (Å²) in [5.74, 6) is 1.16. The van der Waals surface area contributed by atoms with Crippen molar-refractivity contribution in [2.24, 2.45) is 0 Å². The van der Waals surface area contributed by atoms with E-state index in [1.54, 1.807) is 42.5 Å². The zero-order valence-electron chi connectivity index (χ0n) is 18.0. The largest absolute Gasteiger partial charge is 0.490 e. The zero-order valence-corrected chi connectivity index (χ0v) is 18.0. The Morgan fingerprint density at radius 1 is 0.781 bits per heavy atom. The Balaban J connectivity index is 1.40. The first kappa shape index (κ1) is 22.7. The quantitative estimate of drug-likeness (QED) is 0.399. The van der Waals surface area contributed by atoms with Gasteiger partial charge in [-0.1, -0.05) is 24.3 Å². The summed E-state index contributed by atoms with van der Waals surface area (Å²) in [5.41, 5.74) is 1.91. The molecule has 7 nitrogen and oxygen atoms in total. The molecule has 0 spiro atoms. The van der Waals surface area contributed by atoms with Crippen molar-refractivity contribution < 1.29 is 19.1 Å². The Hall–Kier alpha value is -4.00. The standard InChI is InChI=1S/C25H27N3O4/c1-2-26-25(30)19-7-6-8-21(17-19)27-18-24(29)28-20-11-13-23(14-12-20)32-16-15-31-22-9-4-3-5-10-22/h3-14,17,27H,2,15-16,18H2,1H3,(H,26,30)(H,28,29). The average Bonchev–Trinajstić information content (AvgIpc) is 2.82. The Labute approximate surface area is 187 Å². The van der Waals surface area contributed by atoms with Gasteiger partial charge in [0.2, 0.25) is 5.91 Å². The fourth-order valence-electron chi connectivity index (χ4n) is 2.89. The second kappa shape index (κ2) is 12.0. The van der Waals surface area contributed by atoms with E-state index in [2.05, 4.69) is 16.0 Å². The summed E-state index contributed by atoms with van der Waals surface area (Å²) in [6.07, 6.45) is 0. The zero-order chi connectivity index (χ0) is 22.6. The third-order valence-electron chi connectivity index (χ3n) is 4.42. The number of anilines is 2. The van der Waals surface area contributed by atoms with Gasteiger partial charge in [0.15, 0.2) is 0 Å². The van der Waals surface area contributed by atoms with Crippen molar-refractivity contribution in [3.8, 4) is 11.5 Å². The highest BCUT2D eigenvalue weighted by Crippen LogP contribution is 2.16. The van der Waals surface area contributed by atoms with Crippen molar-refractivity contribution >= 4 is 23.2 Å². The van der Waals surface area contributed by atoms with Crippen LogP contribution in [0.5, 0.6) is 11.5 Å². The predicted octanol–water partition coefficient (Wildman–Crippen LogP) is 3.94. The highest BCUT2D eigenvalue weighted by atomic mass is 16.5. The summed E-state index contributed by atoms with van der Waals surface area (Å²) in [6.45, 7) is 3.36. The Kier molecular flexibility index (Phi) is 8.50. The van der Waals surface area contributed by atoms with E-state index in [1.165, 1.54) is 0 Å². The molecule has 3 aromatic rings. The molecule has 166 valence electrons. The Morgan fingerprint density at radius 3 is 2.16 bits per heavy atom. The number of para-hydroxylation sites is 1. The van der Waals surface area contributed by atoms with Crippen LogP contribution in [0, 0.1) is 0 Å². The summed E-state index contributed by atoms with van der Waals surface area (Å²) in [5, 5.41) is 8.61. The summed E-state index contributed by atoms with van der Waals surface area (Å²) < 4.78 is 11.2. The summed E-state index contributed by atoms with van der Waals surface area (Å²) in [7, 11) is 0. The third kappa shape index (κ3) is 7.36. The fourth-order valence-corrected chi connectivity index (χ4v) is 2.89. The molecule has 0 saturated heterocycles. The van der Waals surface area contributed by atoms with Crippen LogP contribution in [0.4, 0.5) is 11.4 Å². The van der Waals surface area contributed by atoms with Crippen LogP contribution in [0.2, 0.25) is 0 Å². The molecule has 3 N–H and O–H groups in total. The van der Waals surface area contributed by atoms with Crippen LogP contribution in [-0.2, 0) is 4.79 Å².